The first-order chi connectivity index (χ1) is 13.6. The van der Waals surface area contributed by atoms with E-state index in [0.717, 1.165) is 38.0 Å². The molecular weight excluding hydrogens is 344 g/mol. The average molecular weight is 377 g/mol. The molecule has 0 unspecified atom stereocenters. The van der Waals surface area contributed by atoms with Crippen LogP contribution >= 0.6 is 0 Å². The van der Waals surface area contributed by atoms with Crippen LogP contribution < -0.4 is 4.74 Å². The molecule has 0 spiro atoms. The van der Waals surface area contributed by atoms with Crippen LogP contribution in [0.4, 0.5) is 0 Å². The van der Waals surface area contributed by atoms with E-state index in [9.17, 15) is 0 Å². The van der Waals surface area contributed by atoms with E-state index in [4.69, 9.17) is 9.47 Å². The highest BCUT2D eigenvalue weighted by Gasteiger charge is 2.22. The van der Waals surface area contributed by atoms with Crippen LogP contribution in [-0.4, -0.2) is 13.7 Å². The number of rotatable bonds is 9. The molecule has 0 fully saturated rings. The highest BCUT2D eigenvalue weighted by molar-refractivity contribution is 5.78. The Morgan fingerprint density at radius 3 is 2.39 bits per heavy atom. The fourth-order valence-electron chi connectivity index (χ4n) is 3.73. The summed E-state index contributed by atoms with van der Waals surface area (Å²) in [5, 5.41) is 0. The third kappa shape index (κ3) is 5.84. The van der Waals surface area contributed by atoms with Crippen molar-refractivity contribution in [2.75, 3.05) is 13.7 Å². The van der Waals surface area contributed by atoms with Crippen molar-refractivity contribution < 1.29 is 9.47 Å². The van der Waals surface area contributed by atoms with Gasteiger partial charge in [-0.25, -0.2) is 0 Å². The lowest BCUT2D eigenvalue weighted by molar-refractivity contribution is 0.117. The van der Waals surface area contributed by atoms with Crippen molar-refractivity contribution in [2.24, 2.45) is 5.41 Å². The summed E-state index contributed by atoms with van der Waals surface area (Å²) in [5.41, 5.74) is 5.69. The molecule has 0 saturated carbocycles. The molecule has 0 radical (unpaired) electrons. The van der Waals surface area contributed by atoms with E-state index in [1.165, 1.54) is 16.7 Å². The minimum Gasteiger partial charge on any atom is -0.497 e. The Kier molecular flexibility index (Phi) is 7.11. The molecule has 0 N–H and O–H groups in total. The molecule has 2 nitrogen and oxygen atoms in total. The minimum absolute atomic E-state index is 0.231. The van der Waals surface area contributed by atoms with Crippen LogP contribution in [0.3, 0.4) is 0 Å². The maximum atomic E-state index is 5.84. The molecule has 0 heterocycles. The molecule has 0 bridgehead atoms. The smallest absolute Gasteiger partial charge is 0.118 e. The third-order valence-corrected chi connectivity index (χ3v) is 5.28. The van der Waals surface area contributed by atoms with E-state index in [2.05, 4.69) is 62.4 Å². The van der Waals surface area contributed by atoms with Gasteiger partial charge in [0.1, 0.15) is 5.75 Å². The first-order valence-corrected chi connectivity index (χ1v) is 10.2. The van der Waals surface area contributed by atoms with Crippen LogP contribution in [-0.2, 0) is 11.3 Å². The van der Waals surface area contributed by atoms with Gasteiger partial charge in [-0.2, -0.15) is 0 Å². The predicted octanol–water partition coefficient (Wildman–Crippen LogP) is 6.82. The second kappa shape index (κ2) is 9.75. The van der Waals surface area contributed by atoms with Crippen molar-refractivity contribution in [3.63, 3.8) is 0 Å². The third-order valence-electron chi connectivity index (χ3n) is 5.28. The Bertz CT molecular complexity index is 798. The highest BCUT2D eigenvalue weighted by atomic mass is 16.5. The molecular formula is C26H32O2. The Labute approximate surface area is 169 Å². The lowest BCUT2D eigenvalue weighted by Crippen LogP contribution is -2.13. The van der Waals surface area contributed by atoms with Crippen molar-refractivity contribution in [1.82, 2.24) is 0 Å². The molecule has 1 aliphatic carbocycles. The van der Waals surface area contributed by atoms with Gasteiger partial charge in [-0.1, -0.05) is 74.0 Å². The van der Waals surface area contributed by atoms with Gasteiger partial charge in [0, 0.05) is 6.61 Å². The normalized spacial score (nSPS) is 15.7. The van der Waals surface area contributed by atoms with Crippen molar-refractivity contribution in [3.8, 4) is 5.75 Å². The summed E-state index contributed by atoms with van der Waals surface area (Å²) in [6.45, 7) is 6.16. The Hall–Kier alpha value is -2.32. The van der Waals surface area contributed by atoms with Gasteiger partial charge in [0.25, 0.3) is 0 Å². The van der Waals surface area contributed by atoms with Gasteiger partial charge >= 0.3 is 0 Å². The van der Waals surface area contributed by atoms with E-state index in [1.54, 1.807) is 12.7 Å². The van der Waals surface area contributed by atoms with Gasteiger partial charge < -0.3 is 9.47 Å². The molecule has 0 aromatic heterocycles. The number of benzene rings is 2. The van der Waals surface area contributed by atoms with Crippen LogP contribution in [0.5, 0.6) is 5.75 Å². The molecule has 2 aromatic rings. The quantitative estimate of drug-likeness (QED) is 0.447. The van der Waals surface area contributed by atoms with Crippen LogP contribution in [0.15, 0.2) is 72.3 Å². The average Bonchev–Trinajstić information content (AvgIpc) is 2.71. The zero-order valence-corrected chi connectivity index (χ0v) is 17.4. The maximum Gasteiger partial charge on any atom is 0.118 e. The zero-order valence-electron chi connectivity index (χ0n) is 17.4. The monoisotopic (exact) mass is 376 g/mol. The second-order valence-electron chi connectivity index (χ2n) is 8.24. The fourth-order valence-corrected chi connectivity index (χ4v) is 3.73. The van der Waals surface area contributed by atoms with E-state index in [-0.39, 0.29) is 5.41 Å². The van der Waals surface area contributed by atoms with Crippen molar-refractivity contribution in [2.45, 2.75) is 46.1 Å². The topological polar surface area (TPSA) is 18.5 Å². The Morgan fingerprint density at radius 1 is 0.929 bits per heavy atom. The highest BCUT2D eigenvalue weighted by Crippen LogP contribution is 2.39. The molecule has 0 aliphatic heterocycles. The van der Waals surface area contributed by atoms with Gasteiger partial charge in [-0.05, 0) is 59.9 Å². The predicted molar refractivity (Wildman–Crippen MR) is 117 cm³/mol. The Balaban J connectivity index is 1.56. The number of methoxy groups -OCH3 is 1. The summed E-state index contributed by atoms with van der Waals surface area (Å²) in [5.74, 6) is 0.904. The van der Waals surface area contributed by atoms with Crippen molar-refractivity contribution in [1.29, 1.82) is 0 Å². The first-order valence-electron chi connectivity index (χ1n) is 10.2. The number of unbranched alkanes of at least 4 members (excludes halogenated alkanes) is 1. The van der Waals surface area contributed by atoms with E-state index in [1.807, 2.05) is 18.2 Å². The second-order valence-corrected chi connectivity index (χ2v) is 8.24. The largest absolute Gasteiger partial charge is 0.497 e. The van der Waals surface area contributed by atoms with Gasteiger partial charge in [0.2, 0.25) is 0 Å². The van der Waals surface area contributed by atoms with Gasteiger partial charge in [-0.15, -0.1) is 0 Å². The van der Waals surface area contributed by atoms with Gasteiger partial charge in [0.15, 0.2) is 0 Å². The zero-order chi connectivity index (χ0) is 19.8. The summed E-state index contributed by atoms with van der Waals surface area (Å²) in [6, 6.07) is 18.8. The SMILES string of the molecule is COc1ccc(C2=C(CCCCOCc3ccccc3)CC(C)(C)C=C2)cc1. The molecule has 0 saturated heterocycles. The van der Waals surface area contributed by atoms with Crippen LogP contribution in [0.1, 0.15) is 50.7 Å². The maximum absolute atomic E-state index is 5.84. The van der Waals surface area contributed by atoms with Crippen molar-refractivity contribution >= 4 is 5.57 Å². The minimum atomic E-state index is 0.231. The number of ether oxygens (including phenoxy) is 2. The summed E-state index contributed by atoms with van der Waals surface area (Å²) >= 11 is 0. The van der Waals surface area contributed by atoms with E-state index >= 15 is 0 Å². The fraction of sp³-hybridized carbons (Fsp3) is 0.385. The molecule has 3 rings (SSSR count). The molecule has 148 valence electrons. The lowest BCUT2D eigenvalue weighted by atomic mass is 9.76. The summed E-state index contributed by atoms with van der Waals surface area (Å²) in [6.07, 6.45) is 9.16. The standard InChI is InChI=1S/C26H32O2/c1-26(2)17-16-25(22-12-14-24(27-3)15-13-22)23(19-26)11-7-8-18-28-20-21-9-5-4-6-10-21/h4-6,9-10,12-17H,7-8,11,18-20H2,1-3H3. The number of hydrogen-bond acceptors (Lipinski definition) is 2. The first kappa shape index (κ1) is 20.4. The van der Waals surface area contributed by atoms with E-state index < -0.39 is 0 Å². The van der Waals surface area contributed by atoms with Gasteiger partial charge in [-0.3, -0.25) is 0 Å². The molecule has 1 aliphatic rings. The van der Waals surface area contributed by atoms with E-state index in [0.29, 0.717) is 6.61 Å². The summed E-state index contributed by atoms with van der Waals surface area (Å²) < 4.78 is 11.1. The van der Waals surface area contributed by atoms with Gasteiger partial charge in [0.05, 0.1) is 13.7 Å². The lowest BCUT2D eigenvalue weighted by Gasteiger charge is -2.29. The van der Waals surface area contributed by atoms with Crippen molar-refractivity contribution in [3.05, 3.63) is 83.4 Å². The molecule has 0 atom stereocenters. The summed E-state index contributed by atoms with van der Waals surface area (Å²) in [7, 11) is 1.71. The Morgan fingerprint density at radius 2 is 1.68 bits per heavy atom. The molecule has 28 heavy (non-hydrogen) atoms. The summed E-state index contributed by atoms with van der Waals surface area (Å²) in [4.78, 5) is 0. The molecule has 2 aromatic carbocycles. The number of hydrogen-bond donors (Lipinski definition) is 0. The number of allylic oxidation sites excluding steroid dienone is 4. The van der Waals surface area contributed by atoms with Crippen LogP contribution in [0.2, 0.25) is 0 Å². The van der Waals surface area contributed by atoms with Crippen LogP contribution in [0.25, 0.3) is 5.57 Å². The molecule has 0 amide bonds. The molecule has 2 heteroatoms. The van der Waals surface area contributed by atoms with Crippen LogP contribution in [0, 0.1) is 5.41 Å².